The van der Waals surface area contributed by atoms with Gasteiger partial charge in [-0.1, -0.05) is 13.5 Å². The zero-order valence-electron chi connectivity index (χ0n) is 6.97. The Hall–Kier alpha value is -0.710. The second-order valence-electron chi connectivity index (χ2n) is 2.75. The number of hydrogen-bond donors (Lipinski definition) is 3. The largest absolute Gasteiger partial charge is 0.392 e. The van der Waals surface area contributed by atoms with E-state index in [4.69, 9.17) is 10.2 Å². The van der Waals surface area contributed by atoms with Gasteiger partial charge < -0.3 is 20.1 Å². The molecule has 0 unspecified atom stereocenters. The molecular weight excluding hydrogens is 160 g/mol. The van der Waals surface area contributed by atoms with E-state index in [1.54, 1.807) is 0 Å². The predicted molar refractivity (Wildman–Crippen MR) is 43.5 cm³/mol. The first-order valence-corrected chi connectivity index (χ1v) is 3.64. The van der Waals surface area contributed by atoms with Gasteiger partial charge in [-0.2, -0.15) is 0 Å². The highest BCUT2D eigenvalue weighted by atomic mass is 16.3. The Balaban J connectivity index is 4.17. The van der Waals surface area contributed by atoms with Gasteiger partial charge in [0.2, 0.25) is 0 Å². The lowest BCUT2D eigenvalue weighted by molar-refractivity contribution is -0.118. The fraction of sp³-hybridized carbons (Fsp3) is 0.625. The number of aliphatic hydroxyl groups is 3. The van der Waals surface area contributed by atoms with Crippen molar-refractivity contribution in [1.29, 1.82) is 0 Å². The van der Waals surface area contributed by atoms with Crippen molar-refractivity contribution in [3.8, 4) is 0 Å². The SMILES string of the molecule is C=C(CO)[C@@H](O)[C@H](C)[C@@H](O)C=O. The van der Waals surface area contributed by atoms with E-state index in [9.17, 15) is 9.90 Å². The van der Waals surface area contributed by atoms with Crippen LogP contribution in [0, 0.1) is 5.92 Å². The molecule has 0 saturated carbocycles. The van der Waals surface area contributed by atoms with Gasteiger partial charge in [-0.15, -0.1) is 0 Å². The van der Waals surface area contributed by atoms with Crippen LogP contribution in [0.25, 0.3) is 0 Å². The van der Waals surface area contributed by atoms with Crippen molar-refractivity contribution in [2.75, 3.05) is 6.61 Å². The molecule has 0 rings (SSSR count). The van der Waals surface area contributed by atoms with Crippen LogP contribution in [0.1, 0.15) is 6.92 Å². The van der Waals surface area contributed by atoms with Gasteiger partial charge in [0.25, 0.3) is 0 Å². The first-order valence-electron chi connectivity index (χ1n) is 3.64. The van der Waals surface area contributed by atoms with Crippen molar-refractivity contribution in [2.45, 2.75) is 19.1 Å². The minimum absolute atomic E-state index is 0.198. The van der Waals surface area contributed by atoms with Gasteiger partial charge in [0.15, 0.2) is 0 Å². The number of carbonyl (C=O) groups is 1. The Labute approximate surface area is 71.1 Å². The molecule has 0 aliphatic heterocycles. The molecule has 3 atom stereocenters. The summed E-state index contributed by atoms with van der Waals surface area (Å²) in [5.74, 6) is -0.637. The topological polar surface area (TPSA) is 77.8 Å². The summed E-state index contributed by atoms with van der Waals surface area (Å²) in [6, 6.07) is 0. The van der Waals surface area contributed by atoms with Crippen LogP contribution < -0.4 is 0 Å². The summed E-state index contributed by atoms with van der Waals surface area (Å²) in [5.41, 5.74) is 0.198. The van der Waals surface area contributed by atoms with E-state index in [0.717, 1.165) is 0 Å². The Morgan fingerprint density at radius 3 is 2.42 bits per heavy atom. The third-order valence-electron chi connectivity index (χ3n) is 1.80. The first-order chi connectivity index (χ1) is 5.54. The molecule has 0 aliphatic rings. The molecule has 0 saturated heterocycles. The van der Waals surface area contributed by atoms with Crippen LogP contribution in [0.3, 0.4) is 0 Å². The molecule has 0 radical (unpaired) electrons. The molecule has 0 aromatic carbocycles. The van der Waals surface area contributed by atoms with E-state index >= 15 is 0 Å². The zero-order valence-corrected chi connectivity index (χ0v) is 6.97. The predicted octanol–water partition coefficient (Wildman–Crippen LogP) is -0.908. The average Bonchev–Trinajstić information content (AvgIpc) is 2.12. The van der Waals surface area contributed by atoms with Gasteiger partial charge in [-0.25, -0.2) is 0 Å². The lowest BCUT2D eigenvalue weighted by atomic mass is 9.94. The number of aldehydes is 1. The Morgan fingerprint density at radius 2 is 2.08 bits per heavy atom. The Bertz CT molecular complexity index is 166. The van der Waals surface area contributed by atoms with Gasteiger partial charge >= 0.3 is 0 Å². The summed E-state index contributed by atoms with van der Waals surface area (Å²) in [6.45, 7) is 4.54. The molecule has 0 amide bonds. The molecule has 0 aromatic heterocycles. The number of aliphatic hydroxyl groups excluding tert-OH is 3. The van der Waals surface area contributed by atoms with Gasteiger partial charge in [-0.05, 0) is 5.57 Å². The highest BCUT2D eigenvalue weighted by Crippen LogP contribution is 2.13. The number of rotatable bonds is 5. The van der Waals surface area contributed by atoms with Crippen LogP contribution in [0.4, 0.5) is 0 Å². The molecule has 0 aromatic rings. The van der Waals surface area contributed by atoms with Gasteiger partial charge in [0.05, 0.1) is 12.7 Å². The summed E-state index contributed by atoms with van der Waals surface area (Å²) < 4.78 is 0. The van der Waals surface area contributed by atoms with Crippen molar-refractivity contribution >= 4 is 6.29 Å². The quantitative estimate of drug-likeness (QED) is 0.372. The molecule has 4 heteroatoms. The minimum Gasteiger partial charge on any atom is -0.392 e. The highest BCUT2D eigenvalue weighted by Gasteiger charge is 2.23. The van der Waals surface area contributed by atoms with Crippen LogP contribution in [0.15, 0.2) is 12.2 Å². The summed E-state index contributed by atoms with van der Waals surface area (Å²) >= 11 is 0. The first kappa shape index (κ1) is 11.3. The maximum absolute atomic E-state index is 10.1. The second-order valence-corrected chi connectivity index (χ2v) is 2.75. The molecule has 4 nitrogen and oxygen atoms in total. The zero-order chi connectivity index (χ0) is 9.72. The summed E-state index contributed by atoms with van der Waals surface area (Å²) in [4.78, 5) is 10.1. The van der Waals surface area contributed by atoms with Crippen molar-refractivity contribution in [3.05, 3.63) is 12.2 Å². The fourth-order valence-electron chi connectivity index (χ4n) is 0.776. The van der Waals surface area contributed by atoms with Gasteiger partial charge in [0, 0.05) is 5.92 Å². The van der Waals surface area contributed by atoms with Crippen molar-refractivity contribution in [3.63, 3.8) is 0 Å². The lowest BCUT2D eigenvalue weighted by Crippen LogP contribution is -2.32. The van der Waals surface area contributed by atoms with E-state index in [2.05, 4.69) is 6.58 Å². The maximum Gasteiger partial charge on any atom is 0.148 e. The smallest absolute Gasteiger partial charge is 0.148 e. The molecule has 0 fully saturated rings. The second kappa shape index (κ2) is 5.03. The number of hydrogen-bond acceptors (Lipinski definition) is 4. The molecule has 0 aliphatic carbocycles. The van der Waals surface area contributed by atoms with Gasteiger partial charge in [-0.3, -0.25) is 0 Å². The maximum atomic E-state index is 10.1. The fourth-order valence-corrected chi connectivity index (χ4v) is 0.776. The van der Waals surface area contributed by atoms with E-state index in [0.29, 0.717) is 6.29 Å². The highest BCUT2D eigenvalue weighted by molar-refractivity contribution is 5.56. The van der Waals surface area contributed by atoms with Crippen LogP contribution in [-0.4, -0.2) is 40.4 Å². The Morgan fingerprint density at radius 1 is 1.58 bits per heavy atom. The van der Waals surface area contributed by atoms with Crippen molar-refractivity contribution in [1.82, 2.24) is 0 Å². The lowest BCUT2D eigenvalue weighted by Gasteiger charge is -2.21. The third kappa shape index (κ3) is 2.73. The third-order valence-corrected chi connectivity index (χ3v) is 1.80. The standard InChI is InChI=1S/C8H14O4/c1-5(3-9)8(12)6(2)7(11)4-10/h4,6-9,11-12H,1,3H2,2H3/t6-,7+,8-/m1/s1. The molecule has 3 N–H and O–H groups in total. The van der Waals surface area contributed by atoms with Crippen LogP contribution in [0.2, 0.25) is 0 Å². The van der Waals surface area contributed by atoms with Crippen molar-refractivity contribution in [2.24, 2.45) is 5.92 Å². The van der Waals surface area contributed by atoms with E-state index in [1.165, 1.54) is 6.92 Å². The molecule has 0 heterocycles. The van der Waals surface area contributed by atoms with E-state index < -0.39 is 18.1 Å². The molecule has 0 spiro atoms. The number of carbonyl (C=O) groups excluding carboxylic acids is 1. The van der Waals surface area contributed by atoms with E-state index in [-0.39, 0.29) is 12.2 Å². The van der Waals surface area contributed by atoms with Crippen LogP contribution >= 0.6 is 0 Å². The van der Waals surface area contributed by atoms with Crippen LogP contribution in [-0.2, 0) is 4.79 Å². The summed E-state index contributed by atoms with van der Waals surface area (Å²) in [7, 11) is 0. The molecule has 12 heavy (non-hydrogen) atoms. The van der Waals surface area contributed by atoms with Gasteiger partial charge in [0.1, 0.15) is 12.4 Å². The van der Waals surface area contributed by atoms with E-state index in [1.807, 2.05) is 0 Å². The summed E-state index contributed by atoms with van der Waals surface area (Å²) in [5, 5.41) is 26.9. The van der Waals surface area contributed by atoms with Crippen molar-refractivity contribution < 1.29 is 20.1 Å². The average molecular weight is 174 g/mol. The molecular formula is C8H14O4. The Kier molecular flexibility index (Phi) is 4.73. The molecule has 70 valence electrons. The minimum atomic E-state index is -1.22. The summed E-state index contributed by atoms with van der Waals surface area (Å²) in [6.07, 6.45) is -1.92. The normalized spacial score (nSPS) is 18.0. The monoisotopic (exact) mass is 174 g/mol. The van der Waals surface area contributed by atoms with Crippen LogP contribution in [0.5, 0.6) is 0 Å². The molecule has 0 bridgehead atoms.